The molecular weight excluding hydrogens is 473 g/mol. The third kappa shape index (κ3) is 8.29. The van der Waals surface area contributed by atoms with E-state index in [2.05, 4.69) is 83.7 Å². The monoisotopic (exact) mass is 525 g/mol. The molecule has 1 saturated heterocycles. The minimum absolute atomic E-state index is 0.00380. The second kappa shape index (κ2) is 13.6. The predicted octanol–water partition coefficient (Wildman–Crippen LogP) is 8.37. The summed E-state index contributed by atoms with van der Waals surface area (Å²) >= 11 is 0. The Morgan fingerprint density at radius 3 is 2.32 bits per heavy atom. The molecule has 0 radical (unpaired) electrons. The quantitative estimate of drug-likeness (QED) is 0.158. The van der Waals surface area contributed by atoms with Crippen LogP contribution in [0, 0.1) is 13.8 Å². The van der Waals surface area contributed by atoms with E-state index in [4.69, 9.17) is 9.47 Å². The molecule has 3 nitrogen and oxygen atoms in total. The average molecular weight is 526 g/mol. The molecule has 3 rings (SSSR count). The zero-order valence-corrected chi connectivity index (χ0v) is 25.9. The number of nitrogens with zero attached hydrogens (tertiary/aromatic N) is 1. The van der Waals surface area contributed by atoms with Crippen LogP contribution in [0.5, 0.6) is 5.75 Å². The summed E-state index contributed by atoms with van der Waals surface area (Å²) in [6.45, 7) is 20.0. The van der Waals surface area contributed by atoms with Gasteiger partial charge in [-0.2, -0.15) is 0 Å². The molecule has 0 N–H and O–H groups in total. The lowest BCUT2D eigenvalue weighted by Crippen LogP contribution is -2.31. The predicted molar refractivity (Wildman–Crippen MR) is 162 cm³/mol. The molecule has 0 aliphatic carbocycles. The molecule has 4 heteroatoms. The topological polar surface area (TPSA) is 21.7 Å². The zero-order chi connectivity index (χ0) is 27.1. The van der Waals surface area contributed by atoms with Crippen LogP contribution >= 0.6 is 8.58 Å². The van der Waals surface area contributed by atoms with Crippen LogP contribution in [-0.4, -0.2) is 31.9 Å². The minimum atomic E-state index is -0.00380. The Balaban J connectivity index is 2.09. The highest BCUT2D eigenvalue weighted by atomic mass is 31.1. The van der Waals surface area contributed by atoms with Crippen molar-refractivity contribution in [3.05, 3.63) is 58.1 Å². The molecule has 2 atom stereocenters. The summed E-state index contributed by atoms with van der Waals surface area (Å²) < 4.78 is 11.7. The van der Waals surface area contributed by atoms with Gasteiger partial charge >= 0.3 is 0 Å². The van der Waals surface area contributed by atoms with E-state index < -0.39 is 0 Å². The Labute approximate surface area is 229 Å². The fraction of sp³-hybridized carbons (Fsp3) is 0.636. The Bertz CT molecular complexity index is 1010. The highest BCUT2D eigenvalue weighted by Crippen LogP contribution is 2.50. The first kappa shape index (κ1) is 30.1. The van der Waals surface area contributed by atoms with E-state index in [0.29, 0.717) is 8.58 Å². The molecule has 37 heavy (non-hydrogen) atoms. The van der Waals surface area contributed by atoms with Gasteiger partial charge in [-0.15, -0.1) is 0 Å². The van der Waals surface area contributed by atoms with E-state index in [0.717, 1.165) is 18.7 Å². The maximum absolute atomic E-state index is 6.32. The summed E-state index contributed by atoms with van der Waals surface area (Å²) in [5.41, 5.74) is 6.91. The molecule has 0 amide bonds. The average Bonchev–Trinajstić information content (AvgIpc) is 2.85. The van der Waals surface area contributed by atoms with Crippen molar-refractivity contribution in [1.29, 1.82) is 0 Å². The van der Waals surface area contributed by atoms with Gasteiger partial charge in [0, 0.05) is 24.4 Å². The molecule has 206 valence electrons. The molecule has 0 aromatic heterocycles. The zero-order valence-electron chi connectivity index (χ0n) is 24.9. The smallest absolute Gasteiger partial charge is 0.188 e. The number of hydrogen-bond acceptors (Lipinski definition) is 3. The van der Waals surface area contributed by atoms with Gasteiger partial charge in [-0.3, -0.25) is 4.90 Å². The largest absolute Gasteiger partial charge is 0.467 e. The minimum Gasteiger partial charge on any atom is -0.467 e. The van der Waals surface area contributed by atoms with Crippen molar-refractivity contribution in [1.82, 2.24) is 4.90 Å². The van der Waals surface area contributed by atoms with Crippen LogP contribution in [0.15, 0.2) is 30.3 Å². The summed E-state index contributed by atoms with van der Waals surface area (Å²) in [5, 5.41) is 1.52. The Kier molecular flexibility index (Phi) is 11.1. The lowest BCUT2D eigenvalue weighted by molar-refractivity contribution is 0.0494. The van der Waals surface area contributed by atoms with Crippen molar-refractivity contribution in [3.63, 3.8) is 0 Å². The van der Waals surface area contributed by atoms with Crippen LogP contribution in [0.1, 0.15) is 107 Å². The van der Waals surface area contributed by atoms with Crippen LogP contribution in [0.25, 0.3) is 0 Å². The van der Waals surface area contributed by atoms with E-state index in [1.165, 1.54) is 84.7 Å². The summed E-state index contributed by atoms with van der Waals surface area (Å²) in [4.78, 5) is 2.66. The van der Waals surface area contributed by atoms with Crippen LogP contribution < -0.4 is 10.0 Å². The summed E-state index contributed by atoms with van der Waals surface area (Å²) in [5.74, 6) is 1.02. The Hall–Kier alpha value is -1.41. The number of benzene rings is 2. The second-order valence-corrected chi connectivity index (χ2v) is 14.3. The lowest BCUT2D eigenvalue weighted by Gasteiger charge is -2.36. The first-order valence-corrected chi connectivity index (χ1v) is 15.4. The van der Waals surface area contributed by atoms with Gasteiger partial charge in [0.2, 0.25) is 0 Å². The Morgan fingerprint density at radius 2 is 1.68 bits per heavy atom. The maximum Gasteiger partial charge on any atom is 0.188 e. The third-order valence-electron chi connectivity index (χ3n) is 7.85. The van der Waals surface area contributed by atoms with Crippen LogP contribution in [0.4, 0.5) is 0 Å². The molecule has 1 heterocycles. The number of piperidine rings is 1. The first-order valence-electron chi connectivity index (χ1n) is 14.4. The van der Waals surface area contributed by atoms with Crippen LogP contribution in [0.3, 0.4) is 0 Å². The van der Waals surface area contributed by atoms with Gasteiger partial charge in [-0.05, 0) is 73.6 Å². The number of rotatable bonds is 12. The molecule has 1 fully saturated rings. The molecule has 0 bridgehead atoms. The third-order valence-corrected chi connectivity index (χ3v) is 9.68. The van der Waals surface area contributed by atoms with Gasteiger partial charge in [-0.1, -0.05) is 105 Å². The first-order chi connectivity index (χ1) is 17.6. The number of methoxy groups -OCH3 is 1. The summed E-state index contributed by atoms with van der Waals surface area (Å²) in [7, 11) is 2.39. The van der Waals surface area contributed by atoms with E-state index >= 15 is 0 Å². The van der Waals surface area contributed by atoms with Gasteiger partial charge < -0.3 is 9.47 Å². The fourth-order valence-electron chi connectivity index (χ4n) is 5.55. The SMILES string of the molecule is CCCCCC(C)(Pc1ccc(C)cc1CN1CCCCC1)c1cc(C(C)(C)C)cc(C)c1OCOC. The van der Waals surface area contributed by atoms with Gasteiger partial charge in [0.25, 0.3) is 0 Å². The van der Waals surface area contributed by atoms with Crippen molar-refractivity contribution in [2.24, 2.45) is 0 Å². The van der Waals surface area contributed by atoms with E-state index in [1.807, 2.05) is 0 Å². The van der Waals surface area contributed by atoms with Crippen molar-refractivity contribution in [2.75, 3.05) is 27.0 Å². The molecule has 2 unspecified atom stereocenters. The highest BCUT2D eigenvalue weighted by molar-refractivity contribution is 7.48. The number of ether oxygens (including phenoxy) is 2. The summed E-state index contributed by atoms with van der Waals surface area (Å²) in [6, 6.07) is 11.9. The molecule has 1 aliphatic rings. The standard InChI is InChI=1S/C33H52NO2P/c1-9-10-12-17-33(7,29-22-28(32(4,5)6)21-26(3)31(29)36-24-35-8)37-30-16-15-25(2)20-27(30)23-34-18-13-11-14-19-34/h15-16,20-22,37H,9-14,17-19,23-24H2,1-8H3. The lowest BCUT2D eigenvalue weighted by atomic mass is 9.82. The van der Waals surface area contributed by atoms with E-state index in [9.17, 15) is 0 Å². The van der Waals surface area contributed by atoms with Crippen molar-refractivity contribution >= 4 is 13.9 Å². The van der Waals surface area contributed by atoms with Gasteiger partial charge in [-0.25, -0.2) is 0 Å². The highest BCUT2D eigenvalue weighted by Gasteiger charge is 2.33. The molecule has 2 aromatic rings. The normalized spacial score (nSPS) is 16.9. The fourth-order valence-corrected chi connectivity index (χ4v) is 7.25. The number of hydrogen-bond donors (Lipinski definition) is 0. The summed E-state index contributed by atoms with van der Waals surface area (Å²) in [6.07, 6.45) is 8.93. The second-order valence-electron chi connectivity index (χ2n) is 12.4. The maximum atomic E-state index is 6.32. The van der Waals surface area contributed by atoms with Gasteiger partial charge in [0.05, 0.1) is 0 Å². The van der Waals surface area contributed by atoms with Crippen LogP contribution in [-0.2, 0) is 21.9 Å². The van der Waals surface area contributed by atoms with E-state index in [-0.39, 0.29) is 17.4 Å². The number of aryl methyl sites for hydroxylation is 2. The van der Waals surface area contributed by atoms with Crippen molar-refractivity contribution in [2.45, 2.75) is 111 Å². The molecule has 2 aromatic carbocycles. The van der Waals surface area contributed by atoms with Crippen molar-refractivity contribution < 1.29 is 9.47 Å². The van der Waals surface area contributed by atoms with Gasteiger partial charge in [0.1, 0.15) is 5.75 Å². The molecule has 0 spiro atoms. The molecular formula is C33H52NO2P. The van der Waals surface area contributed by atoms with Gasteiger partial charge in [0.15, 0.2) is 6.79 Å². The Morgan fingerprint density at radius 1 is 0.946 bits per heavy atom. The number of unbranched alkanes of at least 4 members (excludes halogenated alkanes) is 2. The van der Waals surface area contributed by atoms with Crippen molar-refractivity contribution in [3.8, 4) is 5.75 Å². The van der Waals surface area contributed by atoms with Crippen LogP contribution in [0.2, 0.25) is 0 Å². The molecule has 1 aliphatic heterocycles. The van der Waals surface area contributed by atoms with E-state index in [1.54, 1.807) is 7.11 Å². The molecule has 0 saturated carbocycles. The number of likely N-dealkylation sites (tertiary alicyclic amines) is 1.